The van der Waals surface area contributed by atoms with E-state index < -0.39 is 0 Å². The number of piperidine rings is 1. The van der Waals surface area contributed by atoms with Gasteiger partial charge in [-0.25, -0.2) is 0 Å². The number of pyridine rings is 1. The van der Waals surface area contributed by atoms with Gasteiger partial charge in [0, 0.05) is 37.9 Å². The van der Waals surface area contributed by atoms with Gasteiger partial charge < -0.3 is 9.80 Å². The second kappa shape index (κ2) is 4.06. The Hall–Kier alpha value is -1.09. The number of anilines is 1. The lowest BCUT2D eigenvalue weighted by Crippen LogP contribution is -2.37. The predicted molar refractivity (Wildman–Crippen MR) is 65.8 cm³/mol. The first-order valence-electron chi connectivity index (χ1n) is 6.24. The molecule has 4 heterocycles. The molecule has 0 radical (unpaired) electrons. The van der Waals surface area contributed by atoms with Crippen molar-refractivity contribution in [3.8, 4) is 0 Å². The minimum absolute atomic E-state index is 0.739. The van der Waals surface area contributed by atoms with Crippen LogP contribution < -0.4 is 4.90 Å². The van der Waals surface area contributed by atoms with Gasteiger partial charge in [0.15, 0.2) is 0 Å². The van der Waals surface area contributed by atoms with Crippen molar-refractivity contribution in [3.05, 3.63) is 24.0 Å². The van der Waals surface area contributed by atoms with E-state index in [0.29, 0.717) is 0 Å². The standard InChI is InChI=1S/C13H19N3/c1-11-2-3-13(10-14-11)16-9-8-15-6-4-12(16)5-7-15/h2-3,10,12H,4-9H2,1H3. The molecule has 0 unspecified atom stereocenters. The first-order chi connectivity index (χ1) is 7.83. The van der Waals surface area contributed by atoms with Gasteiger partial charge in [-0.3, -0.25) is 4.98 Å². The van der Waals surface area contributed by atoms with Crippen molar-refractivity contribution in [1.82, 2.24) is 9.88 Å². The Kier molecular flexibility index (Phi) is 2.56. The van der Waals surface area contributed by atoms with Gasteiger partial charge in [-0.1, -0.05) is 0 Å². The van der Waals surface area contributed by atoms with Crippen LogP contribution in [0.2, 0.25) is 0 Å². The van der Waals surface area contributed by atoms with E-state index in [-0.39, 0.29) is 0 Å². The van der Waals surface area contributed by atoms with Crippen LogP contribution in [0.5, 0.6) is 0 Å². The molecule has 3 saturated heterocycles. The zero-order valence-electron chi connectivity index (χ0n) is 9.89. The molecule has 0 spiro atoms. The molecular formula is C13H19N3. The molecule has 0 aliphatic carbocycles. The first-order valence-corrected chi connectivity index (χ1v) is 6.24. The van der Waals surface area contributed by atoms with E-state index in [1.807, 2.05) is 13.1 Å². The van der Waals surface area contributed by atoms with Crippen LogP contribution in [0.15, 0.2) is 18.3 Å². The van der Waals surface area contributed by atoms with Crippen LogP contribution in [-0.4, -0.2) is 42.1 Å². The average molecular weight is 217 g/mol. The summed E-state index contributed by atoms with van der Waals surface area (Å²) in [4.78, 5) is 9.55. The lowest BCUT2D eigenvalue weighted by atomic mass is 10.0. The van der Waals surface area contributed by atoms with Gasteiger partial charge in [0.1, 0.15) is 0 Å². The molecule has 0 aromatic carbocycles. The maximum atomic E-state index is 4.41. The number of rotatable bonds is 1. The van der Waals surface area contributed by atoms with E-state index in [4.69, 9.17) is 0 Å². The van der Waals surface area contributed by atoms with E-state index in [1.54, 1.807) is 0 Å². The summed E-state index contributed by atoms with van der Waals surface area (Å²) in [7, 11) is 0. The Bertz CT molecular complexity index is 352. The maximum absolute atomic E-state index is 4.41. The third-order valence-electron chi connectivity index (χ3n) is 3.88. The van der Waals surface area contributed by atoms with Gasteiger partial charge >= 0.3 is 0 Å². The summed E-state index contributed by atoms with van der Waals surface area (Å²) in [5, 5.41) is 0. The predicted octanol–water partition coefficient (Wildman–Crippen LogP) is 1.67. The van der Waals surface area contributed by atoms with Gasteiger partial charge in [0.25, 0.3) is 0 Å². The van der Waals surface area contributed by atoms with Gasteiger partial charge in [-0.15, -0.1) is 0 Å². The molecular weight excluding hydrogens is 198 g/mol. The highest BCUT2D eigenvalue weighted by molar-refractivity contribution is 5.46. The lowest BCUT2D eigenvalue weighted by Gasteiger charge is -2.32. The topological polar surface area (TPSA) is 19.4 Å². The van der Waals surface area contributed by atoms with Crippen LogP contribution in [0.25, 0.3) is 0 Å². The summed E-state index contributed by atoms with van der Waals surface area (Å²) in [5.74, 6) is 0. The molecule has 1 aromatic rings. The molecule has 4 rings (SSSR count). The molecule has 3 heteroatoms. The van der Waals surface area contributed by atoms with E-state index in [0.717, 1.165) is 18.3 Å². The zero-order valence-corrected chi connectivity index (χ0v) is 9.89. The highest BCUT2D eigenvalue weighted by Gasteiger charge is 2.28. The normalized spacial score (nSPS) is 29.2. The molecule has 1 aromatic heterocycles. The largest absolute Gasteiger partial charge is 0.366 e. The zero-order chi connectivity index (χ0) is 11.0. The average Bonchev–Trinajstić information content (AvgIpc) is 2.64. The first kappa shape index (κ1) is 10.1. The Morgan fingerprint density at radius 2 is 1.94 bits per heavy atom. The molecule has 3 aliphatic rings. The Morgan fingerprint density at radius 3 is 2.62 bits per heavy atom. The molecule has 0 atom stereocenters. The van der Waals surface area contributed by atoms with Crippen LogP contribution in [0, 0.1) is 6.92 Å². The van der Waals surface area contributed by atoms with Crippen LogP contribution in [0.4, 0.5) is 5.69 Å². The highest BCUT2D eigenvalue weighted by atomic mass is 15.3. The monoisotopic (exact) mass is 217 g/mol. The molecule has 0 N–H and O–H groups in total. The number of aromatic nitrogens is 1. The van der Waals surface area contributed by atoms with Crippen molar-refractivity contribution in [2.75, 3.05) is 31.1 Å². The number of nitrogens with zero attached hydrogens (tertiary/aromatic N) is 3. The molecule has 3 aliphatic heterocycles. The third-order valence-corrected chi connectivity index (χ3v) is 3.88. The van der Waals surface area contributed by atoms with Crippen molar-refractivity contribution in [1.29, 1.82) is 0 Å². The van der Waals surface area contributed by atoms with E-state index in [2.05, 4.69) is 26.9 Å². The van der Waals surface area contributed by atoms with Crippen molar-refractivity contribution in [2.24, 2.45) is 0 Å². The second-order valence-electron chi connectivity index (χ2n) is 4.92. The van der Waals surface area contributed by atoms with E-state index >= 15 is 0 Å². The molecule has 16 heavy (non-hydrogen) atoms. The van der Waals surface area contributed by atoms with Gasteiger partial charge in [0.05, 0.1) is 11.9 Å². The van der Waals surface area contributed by atoms with E-state index in [9.17, 15) is 0 Å². The molecule has 2 bridgehead atoms. The fourth-order valence-electron chi connectivity index (χ4n) is 2.86. The fourth-order valence-corrected chi connectivity index (χ4v) is 2.86. The summed E-state index contributed by atoms with van der Waals surface area (Å²) in [5.41, 5.74) is 2.41. The van der Waals surface area contributed by atoms with E-state index in [1.165, 1.54) is 38.2 Å². The molecule has 3 nitrogen and oxygen atoms in total. The number of fused-ring (bicyclic) bond motifs is 4. The Labute approximate surface area is 97.1 Å². The van der Waals surface area contributed by atoms with Crippen LogP contribution in [0.3, 0.4) is 0 Å². The quantitative estimate of drug-likeness (QED) is 0.713. The molecule has 3 fully saturated rings. The Morgan fingerprint density at radius 1 is 1.12 bits per heavy atom. The summed E-state index contributed by atoms with van der Waals surface area (Å²) in [6.07, 6.45) is 4.66. The molecule has 0 saturated carbocycles. The van der Waals surface area contributed by atoms with Gasteiger partial charge in [-0.05, 0) is 31.9 Å². The fraction of sp³-hybridized carbons (Fsp3) is 0.615. The highest BCUT2D eigenvalue weighted by Crippen LogP contribution is 2.26. The summed E-state index contributed by atoms with van der Waals surface area (Å²) >= 11 is 0. The molecule has 86 valence electrons. The van der Waals surface area contributed by atoms with Gasteiger partial charge in [-0.2, -0.15) is 0 Å². The third kappa shape index (κ3) is 1.80. The van der Waals surface area contributed by atoms with Crippen LogP contribution >= 0.6 is 0 Å². The van der Waals surface area contributed by atoms with Crippen molar-refractivity contribution in [2.45, 2.75) is 25.8 Å². The van der Waals surface area contributed by atoms with Gasteiger partial charge in [0.2, 0.25) is 0 Å². The maximum Gasteiger partial charge on any atom is 0.0555 e. The Balaban J connectivity index is 1.85. The van der Waals surface area contributed by atoms with Crippen LogP contribution in [0.1, 0.15) is 18.5 Å². The summed E-state index contributed by atoms with van der Waals surface area (Å²) in [6, 6.07) is 5.08. The summed E-state index contributed by atoms with van der Waals surface area (Å²) in [6.45, 7) is 6.98. The van der Waals surface area contributed by atoms with Crippen molar-refractivity contribution < 1.29 is 0 Å². The minimum atomic E-state index is 0.739. The molecule has 0 amide bonds. The van der Waals surface area contributed by atoms with Crippen LogP contribution in [-0.2, 0) is 0 Å². The van der Waals surface area contributed by atoms with Crippen molar-refractivity contribution >= 4 is 5.69 Å². The lowest BCUT2D eigenvalue weighted by molar-refractivity contribution is 0.250. The van der Waals surface area contributed by atoms with Crippen molar-refractivity contribution in [3.63, 3.8) is 0 Å². The number of hydrogen-bond acceptors (Lipinski definition) is 3. The minimum Gasteiger partial charge on any atom is -0.366 e. The number of hydrogen-bond donors (Lipinski definition) is 0. The number of aryl methyl sites for hydroxylation is 1. The SMILES string of the molecule is Cc1ccc(N2CCN3CCC2CC3)cn1. The smallest absolute Gasteiger partial charge is 0.0555 e. The second-order valence-corrected chi connectivity index (χ2v) is 4.92. The summed E-state index contributed by atoms with van der Waals surface area (Å²) < 4.78 is 0.